The van der Waals surface area contributed by atoms with Gasteiger partial charge in [0.1, 0.15) is 17.4 Å². The van der Waals surface area contributed by atoms with E-state index in [0.717, 1.165) is 18.0 Å². The zero-order chi connectivity index (χ0) is 24.6. The molecule has 0 aliphatic carbocycles. The van der Waals surface area contributed by atoms with Crippen LogP contribution in [0.5, 0.6) is 5.75 Å². The van der Waals surface area contributed by atoms with Crippen molar-refractivity contribution in [1.82, 2.24) is 4.98 Å². The molecule has 0 bridgehead atoms. The van der Waals surface area contributed by atoms with Gasteiger partial charge in [0.05, 0.1) is 12.3 Å². The summed E-state index contributed by atoms with van der Waals surface area (Å²) in [5, 5.41) is 5.55. The summed E-state index contributed by atoms with van der Waals surface area (Å²) in [4.78, 5) is 19.2. The monoisotopic (exact) mass is 487 g/mol. The molecule has 1 N–H and O–H groups in total. The summed E-state index contributed by atoms with van der Waals surface area (Å²) >= 11 is 1.47. The molecule has 0 spiro atoms. The molecule has 0 saturated heterocycles. The van der Waals surface area contributed by atoms with E-state index in [2.05, 4.69) is 55.0 Å². The van der Waals surface area contributed by atoms with E-state index in [1.165, 1.54) is 61.1 Å². The minimum absolute atomic E-state index is 0.0703. The quantitative estimate of drug-likeness (QED) is 0.310. The van der Waals surface area contributed by atoms with Gasteiger partial charge in [-0.3, -0.25) is 5.32 Å². The third-order valence-electron chi connectivity index (χ3n) is 6.57. The molecular weight excluding hydrogens is 446 g/mol. The number of nitrogens with zero attached hydrogens (tertiary/aromatic N) is 2. The molecule has 2 aromatic rings. The van der Waals surface area contributed by atoms with Crippen molar-refractivity contribution in [3.8, 4) is 5.75 Å². The van der Waals surface area contributed by atoms with E-state index in [9.17, 15) is 4.79 Å². The van der Waals surface area contributed by atoms with Crippen molar-refractivity contribution in [2.45, 2.75) is 97.6 Å². The van der Waals surface area contributed by atoms with Crippen LogP contribution in [0, 0.1) is 0 Å². The van der Waals surface area contributed by atoms with Gasteiger partial charge in [0, 0.05) is 35.4 Å². The molecule has 1 unspecified atom stereocenters. The topological polar surface area (TPSA) is 63.7 Å². The van der Waals surface area contributed by atoms with E-state index in [4.69, 9.17) is 9.47 Å². The van der Waals surface area contributed by atoms with Crippen LogP contribution in [-0.4, -0.2) is 29.8 Å². The maximum atomic E-state index is 12.5. The molecule has 1 amide bonds. The Balaban J connectivity index is 1.77. The van der Waals surface area contributed by atoms with Crippen LogP contribution in [0.15, 0.2) is 23.7 Å². The zero-order valence-corrected chi connectivity index (χ0v) is 22.3. The normalized spacial score (nSPS) is 16.7. The van der Waals surface area contributed by atoms with Gasteiger partial charge >= 0.3 is 6.09 Å². The molecule has 3 rings (SSSR count). The fraction of sp³-hybridized carbons (Fsp3) is 0.630. The van der Waals surface area contributed by atoms with Gasteiger partial charge in [0.15, 0.2) is 0 Å². The number of nitrogens with one attached hydrogen (secondary N) is 1. The second-order valence-corrected chi connectivity index (χ2v) is 10.8. The summed E-state index contributed by atoms with van der Waals surface area (Å²) in [6.45, 7) is 12.9. The lowest BCUT2D eigenvalue weighted by Gasteiger charge is -2.48. The minimum Gasteiger partial charge on any atom is -0.492 e. The van der Waals surface area contributed by atoms with Gasteiger partial charge in [-0.05, 0) is 51.2 Å². The fourth-order valence-corrected chi connectivity index (χ4v) is 5.48. The lowest BCUT2D eigenvalue weighted by molar-refractivity contribution is 0.155. The lowest BCUT2D eigenvalue weighted by atomic mass is 9.79. The number of carbonyl (C=O) groups excluding carboxylic acids is 1. The number of hydrogen-bond acceptors (Lipinski definition) is 6. The van der Waals surface area contributed by atoms with Crippen LogP contribution >= 0.6 is 11.3 Å². The Labute approximate surface area is 209 Å². The van der Waals surface area contributed by atoms with Crippen molar-refractivity contribution in [2.24, 2.45) is 0 Å². The number of anilines is 2. The highest BCUT2D eigenvalue weighted by Gasteiger charge is 2.37. The van der Waals surface area contributed by atoms with Gasteiger partial charge in [-0.15, -0.1) is 11.3 Å². The first-order valence-corrected chi connectivity index (χ1v) is 13.6. The SMILES string of the molecule is CCCCCCCCN1c2cc(OCC)c(NC(=O)OCc3nccs3)cc2C(C)CC1(C)C. The molecule has 1 aromatic carbocycles. The molecule has 0 saturated carbocycles. The Morgan fingerprint density at radius 1 is 1.21 bits per heavy atom. The number of unbranched alkanes of at least 4 members (excludes halogenated alkanes) is 5. The smallest absolute Gasteiger partial charge is 0.412 e. The number of benzene rings is 1. The van der Waals surface area contributed by atoms with Crippen molar-refractivity contribution < 1.29 is 14.3 Å². The number of thiazole rings is 1. The predicted octanol–water partition coefficient (Wildman–Crippen LogP) is 7.74. The van der Waals surface area contributed by atoms with E-state index in [-0.39, 0.29) is 12.1 Å². The second kappa shape index (κ2) is 12.4. The van der Waals surface area contributed by atoms with Gasteiger partial charge in [-0.1, -0.05) is 46.0 Å². The molecular formula is C27H41N3O3S. The fourth-order valence-electron chi connectivity index (χ4n) is 4.95. The number of fused-ring (bicyclic) bond motifs is 1. The van der Waals surface area contributed by atoms with Crippen LogP contribution in [0.4, 0.5) is 16.2 Å². The first kappa shape index (κ1) is 26.3. The summed E-state index contributed by atoms with van der Waals surface area (Å²) in [6, 6.07) is 4.20. The number of aromatic nitrogens is 1. The number of carbonyl (C=O) groups is 1. The summed E-state index contributed by atoms with van der Waals surface area (Å²) in [5.74, 6) is 1.07. The standard InChI is InChI=1S/C27H41N3O3S/c1-6-8-9-10-11-12-14-30-23-17-24(32-7-2)22(16-21(23)20(3)18-27(30,4)5)29-26(31)33-19-25-28-13-15-34-25/h13,15-17,20H,6-12,14,18-19H2,1-5H3,(H,29,31). The third-order valence-corrected chi connectivity index (χ3v) is 7.32. The van der Waals surface area contributed by atoms with E-state index < -0.39 is 6.09 Å². The molecule has 1 aliphatic heterocycles. The average molecular weight is 488 g/mol. The Morgan fingerprint density at radius 3 is 2.68 bits per heavy atom. The van der Waals surface area contributed by atoms with Crippen LogP contribution in [0.2, 0.25) is 0 Å². The maximum absolute atomic E-state index is 12.5. The largest absolute Gasteiger partial charge is 0.492 e. The number of amides is 1. The Hall–Kier alpha value is -2.28. The van der Waals surface area contributed by atoms with Crippen molar-refractivity contribution in [3.63, 3.8) is 0 Å². The Morgan fingerprint density at radius 2 is 1.97 bits per heavy atom. The molecule has 7 heteroatoms. The number of hydrogen-bond donors (Lipinski definition) is 1. The van der Waals surface area contributed by atoms with Gasteiger partial charge in [0.2, 0.25) is 0 Å². The van der Waals surface area contributed by atoms with Gasteiger partial charge in [0.25, 0.3) is 0 Å². The highest BCUT2D eigenvalue weighted by molar-refractivity contribution is 7.09. The van der Waals surface area contributed by atoms with Crippen LogP contribution < -0.4 is 15.0 Å². The number of ether oxygens (including phenoxy) is 2. The summed E-state index contributed by atoms with van der Waals surface area (Å²) in [6.07, 6.45) is 9.97. The molecule has 1 aliphatic rings. The van der Waals surface area contributed by atoms with E-state index in [1.807, 2.05) is 12.3 Å². The maximum Gasteiger partial charge on any atom is 0.412 e. The molecule has 34 heavy (non-hydrogen) atoms. The Kier molecular flexibility index (Phi) is 9.63. The average Bonchev–Trinajstić information content (AvgIpc) is 3.31. The van der Waals surface area contributed by atoms with E-state index >= 15 is 0 Å². The number of rotatable bonds is 12. The first-order chi connectivity index (χ1) is 16.4. The van der Waals surface area contributed by atoms with Gasteiger partial charge in [-0.25, -0.2) is 9.78 Å². The third kappa shape index (κ3) is 6.87. The molecule has 1 aromatic heterocycles. The van der Waals surface area contributed by atoms with Crippen molar-refractivity contribution in [3.05, 3.63) is 34.3 Å². The van der Waals surface area contributed by atoms with Crippen LogP contribution in [0.3, 0.4) is 0 Å². The van der Waals surface area contributed by atoms with Crippen LogP contribution in [0.25, 0.3) is 0 Å². The summed E-state index contributed by atoms with van der Waals surface area (Å²) < 4.78 is 11.3. The molecule has 188 valence electrons. The Bertz CT molecular complexity index is 914. The zero-order valence-electron chi connectivity index (χ0n) is 21.5. The molecule has 1 atom stereocenters. The van der Waals surface area contributed by atoms with Crippen molar-refractivity contribution >= 4 is 28.8 Å². The van der Waals surface area contributed by atoms with E-state index in [0.29, 0.717) is 24.0 Å². The molecule has 0 fully saturated rings. The van der Waals surface area contributed by atoms with Crippen LogP contribution in [-0.2, 0) is 11.3 Å². The molecule has 6 nitrogen and oxygen atoms in total. The first-order valence-electron chi connectivity index (χ1n) is 12.8. The highest BCUT2D eigenvalue weighted by atomic mass is 32.1. The summed E-state index contributed by atoms with van der Waals surface area (Å²) in [7, 11) is 0. The van der Waals surface area contributed by atoms with Crippen molar-refractivity contribution in [2.75, 3.05) is 23.4 Å². The lowest BCUT2D eigenvalue weighted by Crippen LogP contribution is -2.48. The molecule has 0 radical (unpaired) electrons. The predicted molar refractivity (Wildman–Crippen MR) is 141 cm³/mol. The van der Waals surface area contributed by atoms with E-state index in [1.54, 1.807) is 6.20 Å². The van der Waals surface area contributed by atoms with Crippen molar-refractivity contribution in [1.29, 1.82) is 0 Å². The second-order valence-electron chi connectivity index (χ2n) is 9.80. The van der Waals surface area contributed by atoms with Crippen LogP contribution in [0.1, 0.15) is 96.1 Å². The highest BCUT2D eigenvalue weighted by Crippen LogP contribution is 2.47. The van der Waals surface area contributed by atoms with Gasteiger partial charge in [-0.2, -0.15) is 0 Å². The molecule has 2 heterocycles. The minimum atomic E-state index is -0.496. The summed E-state index contributed by atoms with van der Waals surface area (Å²) in [5.41, 5.74) is 3.21. The van der Waals surface area contributed by atoms with Gasteiger partial charge < -0.3 is 14.4 Å².